The predicted octanol–water partition coefficient (Wildman–Crippen LogP) is 3.38. The summed E-state index contributed by atoms with van der Waals surface area (Å²) in [7, 11) is 3.18. The second-order valence-corrected chi connectivity index (χ2v) is 7.48. The topological polar surface area (TPSA) is 67.9 Å². The second-order valence-electron chi connectivity index (χ2n) is 7.07. The number of anilines is 1. The number of nitrogens with zero attached hydrogens (tertiary/aromatic N) is 1. The summed E-state index contributed by atoms with van der Waals surface area (Å²) >= 11 is 6.17. The molecule has 1 fully saturated rings. The van der Waals surface area contributed by atoms with Gasteiger partial charge in [-0.1, -0.05) is 23.7 Å². The minimum atomic E-state index is -0.368. The first-order valence-electron chi connectivity index (χ1n) is 9.48. The Morgan fingerprint density at radius 3 is 2.62 bits per heavy atom. The molecule has 0 aliphatic carbocycles. The molecule has 0 spiro atoms. The van der Waals surface area contributed by atoms with Crippen molar-refractivity contribution < 1.29 is 19.1 Å². The molecule has 2 aromatic rings. The lowest BCUT2D eigenvalue weighted by Crippen LogP contribution is -2.34. The largest absolute Gasteiger partial charge is 0.493 e. The van der Waals surface area contributed by atoms with Crippen LogP contribution in [0.1, 0.15) is 17.5 Å². The molecular formula is C22H25ClN2O4. The first kappa shape index (κ1) is 21.0. The van der Waals surface area contributed by atoms with E-state index in [1.807, 2.05) is 37.3 Å². The molecule has 154 valence electrons. The van der Waals surface area contributed by atoms with Crippen LogP contribution in [-0.4, -0.2) is 39.1 Å². The molecule has 0 radical (unpaired) electrons. The number of ether oxygens (including phenoxy) is 2. The van der Waals surface area contributed by atoms with E-state index in [0.29, 0.717) is 36.0 Å². The zero-order valence-electron chi connectivity index (χ0n) is 16.8. The SMILES string of the molecule is COc1ccc(CCNC(=O)C2CC(=O)N(c3ccc(C)c(Cl)c3)C2)cc1OC. The van der Waals surface area contributed by atoms with Crippen LogP contribution < -0.4 is 19.7 Å². The molecule has 0 bridgehead atoms. The van der Waals surface area contributed by atoms with E-state index in [1.165, 1.54) is 0 Å². The number of carbonyl (C=O) groups excluding carboxylic acids is 2. The molecule has 1 N–H and O–H groups in total. The van der Waals surface area contributed by atoms with Crippen LogP contribution in [0.15, 0.2) is 36.4 Å². The van der Waals surface area contributed by atoms with E-state index in [9.17, 15) is 9.59 Å². The van der Waals surface area contributed by atoms with Crippen molar-refractivity contribution in [3.63, 3.8) is 0 Å². The maximum atomic E-state index is 12.5. The van der Waals surface area contributed by atoms with Crippen LogP contribution in [0.25, 0.3) is 0 Å². The van der Waals surface area contributed by atoms with Gasteiger partial charge in [0, 0.05) is 30.2 Å². The number of carbonyl (C=O) groups is 2. The summed E-state index contributed by atoms with van der Waals surface area (Å²) in [6.45, 7) is 2.75. The minimum absolute atomic E-state index is 0.0649. The van der Waals surface area contributed by atoms with Gasteiger partial charge in [0.05, 0.1) is 20.1 Å². The van der Waals surface area contributed by atoms with Crippen LogP contribution in [0.2, 0.25) is 5.02 Å². The van der Waals surface area contributed by atoms with E-state index >= 15 is 0 Å². The molecule has 6 nitrogen and oxygen atoms in total. The summed E-state index contributed by atoms with van der Waals surface area (Å²) < 4.78 is 10.5. The molecule has 2 amide bonds. The van der Waals surface area contributed by atoms with Gasteiger partial charge >= 0.3 is 0 Å². The van der Waals surface area contributed by atoms with Gasteiger partial charge in [0.1, 0.15) is 0 Å². The zero-order chi connectivity index (χ0) is 21.0. The molecular weight excluding hydrogens is 392 g/mol. The average Bonchev–Trinajstić information content (AvgIpc) is 3.11. The fraction of sp³-hybridized carbons (Fsp3) is 0.364. The van der Waals surface area contributed by atoms with Crippen molar-refractivity contribution in [1.29, 1.82) is 0 Å². The Hall–Kier alpha value is -2.73. The molecule has 1 unspecified atom stereocenters. The van der Waals surface area contributed by atoms with Gasteiger partial charge in [-0.2, -0.15) is 0 Å². The maximum Gasteiger partial charge on any atom is 0.227 e. The van der Waals surface area contributed by atoms with Crippen molar-refractivity contribution in [3.8, 4) is 11.5 Å². The number of rotatable bonds is 7. The molecule has 0 aromatic heterocycles. The lowest BCUT2D eigenvalue weighted by Gasteiger charge is -2.17. The van der Waals surface area contributed by atoms with Crippen molar-refractivity contribution in [1.82, 2.24) is 5.32 Å². The Bertz CT molecular complexity index is 916. The van der Waals surface area contributed by atoms with Gasteiger partial charge in [-0.15, -0.1) is 0 Å². The highest BCUT2D eigenvalue weighted by Gasteiger charge is 2.35. The normalized spacial score (nSPS) is 16.1. The van der Waals surface area contributed by atoms with Crippen molar-refractivity contribution in [2.24, 2.45) is 5.92 Å². The number of halogens is 1. The standard InChI is InChI=1S/C22H25ClN2O4/c1-14-4-6-17(12-18(14)23)25-13-16(11-21(25)26)22(27)24-9-8-15-5-7-19(28-2)20(10-15)29-3/h4-7,10,12,16H,8-9,11,13H2,1-3H3,(H,24,27). The van der Waals surface area contributed by atoms with Gasteiger partial charge < -0.3 is 19.7 Å². The van der Waals surface area contributed by atoms with Gasteiger partial charge in [0.15, 0.2) is 11.5 Å². The van der Waals surface area contributed by atoms with E-state index in [-0.39, 0.29) is 24.2 Å². The fourth-order valence-corrected chi connectivity index (χ4v) is 3.57. The van der Waals surface area contributed by atoms with E-state index in [2.05, 4.69) is 5.32 Å². The van der Waals surface area contributed by atoms with Crippen molar-refractivity contribution in [2.45, 2.75) is 19.8 Å². The summed E-state index contributed by atoms with van der Waals surface area (Å²) in [5.41, 5.74) is 2.71. The molecule has 3 rings (SSSR count). The Labute approximate surface area is 175 Å². The predicted molar refractivity (Wildman–Crippen MR) is 113 cm³/mol. The number of methoxy groups -OCH3 is 2. The molecule has 1 saturated heterocycles. The summed E-state index contributed by atoms with van der Waals surface area (Å²) in [5.74, 6) is 0.781. The number of aryl methyl sites for hydroxylation is 1. The highest BCUT2D eigenvalue weighted by Crippen LogP contribution is 2.29. The summed E-state index contributed by atoms with van der Waals surface area (Å²) in [4.78, 5) is 26.6. The van der Waals surface area contributed by atoms with Crippen LogP contribution in [0.5, 0.6) is 11.5 Å². The smallest absolute Gasteiger partial charge is 0.227 e. The third kappa shape index (κ3) is 4.82. The summed E-state index contributed by atoms with van der Waals surface area (Å²) in [5, 5.41) is 3.55. The second kappa shape index (κ2) is 9.18. The number of hydrogen-bond donors (Lipinski definition) is 1. The van der Waals surface area contributed by atoms with Gasteiger partial charge in [-0.25, -0.2) is 0 Å². The number of hydrogen-bond acceptors (Lipinski definition) is 4. The third-order valence-electron chi connectivity index (χ3n) is 5.12. The molecule has 1 aliphatic rings. The zero-order valence-corrected chi connectivity index (χ0v) is 17.6. The third-order valence-corrected chi connectivity index (χ3v) is 5.53. The van der Waals surface area contributed by atoms with Gasteiger partial charge in [-0.05, 0) is 48.7 Å². The summed E-state index contributed by atoms with van der Waals surface area (Å²) in [6, 6.07) is 11.2. The van der Waals surface area contributed by atoms with E-state index in [0.717, 1.165) is 16.8 Å². The minimum Gasteiger partial charge on any atom is -0.493 e. The van der Waals surface area contributed by atoms with Crippen LogP contribution in [0.4, 0.5) is 5.69 Å². The van der Waals surface area contributed by atoms with Crippen molar-refractivity contribution in [2.75, 3.05) is 32.2 Å². The molecule has 2 aromatic carbocycles. The van der Waals surface area contributed by atoms with Crippen LogP contribution in [-0.2, 0) is 16.0 Å². The molecule has 0 saturated carbocycles. The maximum absolute atomic E-state index is 12.5. The van der Waals surface area contributed by atoms with Crippen LogP contribution in [0.3, 0.4) is 0 Å². The van der Waals surface area contributed by atoms with E-state index < -0.39 is 0 Å². The van der Waals surface area contributed by atoms with Gasteiger partial charge in [0.25, 0.3) is 0 Å². The molecule has 7 heteroatoms. The Morgan fingerprint density at radius 1 is 1.17 bits per heavy atom. The highest BCUT2D eigenvalue weighted by molar-refractivity contribution is 6.31. The van der Waals surface area contributed by atoms with Gasteiger partial charge in [0.2, 0.25) is 11.8 Å². The number of benzene rings is 2. The first-order chi connectivity index (χ1) is 13.9. The molecule has 29 heavy (non-hydrogen) atoms. The monoisotopic (exact) mass is 416 g/mol. The van der Waals surface area contributed by atoms with E-state index in [4.69, 9.17) is 21.1 Å². The van der Waals surface area contributed by atoms with Crippen LogP contribution in [0, 0.1) is 12.8 Å². The molecule has 1 atom stereocenters. The lowest BCUT2D eigenvalue weighted by molar-refractivity contribution is -0.126. The molecule has 1 aliphatic heterocycles. The molecule has 1 heterocycles. The fourth-order valence-electron chi connectivity index (χ4n) is 3.39. The quantitative estimate of drug-likeness (QED) is 0.751. The number of amides is 2. The summed E-state index contributed by atoms with van der Waals surface area (Å²) in [6.07, 6.45) is 0.859. The average molecular weight is 417 g/mol. The first-order valence-corrected chi connectivity index (χ1v) is 9.86. The Balaban J connectivity index is 1.55. The number of nitrogens with one attached hydrogen (secondary N) is 1. The Kier molecular flexibility index (Phi) is 6.64. The van der Waals surface area contributed by atoms with Crippen LogP contribution >= 0.6 is 11.6 Å². The van der Waals surface area contributed by atoms with E-state index in [1.54, 1.807) is 25.2 Å². The van der Waals surface area contributed by atoms with Gasteiger partial charge in [-0.3, -0.25) is 9.59 Å². The van der Waals surface area contributed by atoms with Crippen molar-refractivity contribution in [3.05, 3.63) is 52.5 Å². The van der Waals surface area contributed by atoms with Crippen molar-refractivity contribution >= 4 is 29.1 Å². The lowest BCUT2D eigenvalue weighted by atomic mass is 10.1. The highest BCUT2D eigenvalue weighted by atomic mass is 35.5. The Morgan fingerprint density at radius 2 is 1.93 bits per heavy atom.